The van der Waals surface area contributed by atoms with Crippen molar-refractivity contribution in [3.63, 3.8) is 0 Å². The Balaban J connectivity index is 0.000000161. The molecule has 6 aromatic rings. The van der Waals surface area contributed by atoms with Gasteiger partial charge < -0.3 is 29.2 Å². The Bertz CT molecular complexity index is 2300. The van der Waals surface area contributed by atoms with Crippen LogP contribution in [0.5, 0.6) is 12.0 Å². The average molecular weight is 940 g/mol. The number of esters is 2. The van der Waals surface area contributed by atoms with Crippen LogP contribution < -0.4 is 9.47 Å². The van der Waals surface area contributed by atoms with E-state index in [0.29, 0.717) is 43.4 Å². The maximum absolute atomic E-state index is 11.6. The molecule has 17 nitrogen and oxygen atoms in total. The number of aliphatic hydroxyl groups is 1. The van der Waals surface area contributed by atoms with E-state index in [4.69, 9.17) is 35.7 Å². The van der Waals surface area contributed by atoms with E-state index in [2.05, 4.69) is 64.1 Å². The van der Waals surface area contributed by atoms with E-state index >= 15 is 0 Å². The summed E-state index contributed by atoms with van der Waals surface area (Å²) in [5, 5.41) is 20.6. The lowest BCUT2D eigenvalue weighted by Gasteiger charge is -2.26. The molecule has 5 heterocycles. The molecule has 9 rings (SSSR count). The summed E-state index contributed by atoms with van der Waals surface area (Å²) in [6.07, 6.45) is 22.6. The first kappa shape index (κ1) is 51.5. The quantitative estimate of drug-likeness (QED) is 0.0786. The Kier molecular flexibility index (Phi) is 22.0. The number of carboxylic acids is 1. The summed E-state index contributed by atoms with van der Waals surface area (Å²) in [6.45, 7) is 4.56. The minimum atomic E-state index is -0.700. The number of carbonyl (C=O) groups excluding carboxylic acids is 2. The molecule has 2 N–H and O–H groups in total. The van der Waals surface area contributed by atoms with Crippen molar-refractivity contribution in [2.24, 2.45) is 17.8 Å². The summed E-state index contributed by atoms with van der Waals surface area (Å²) < 4.78 is 21.2. The van der Waals surface area contributed by atoms with E-state index in [1.807, 2.05) is 26.0 Å². The van der Waals surface area contributed by atoms with Crippen molar-refractivity contribution in [1.82, 2.24) is 39.9 Å². The molecule has 3 aliphatic carbocycles. The SMILES string of the molecule is CCOC(=O)C1CCC(O)CC1.CCOC(=O)C1CCC(Oc2ncccn2)CC1.Clc1ncccn1.O=C(O)C1CCC(Oc2ncccn2)CC1.c1cnc2c(c1)ccc1cccnc12. The second-order valence-corrected chi connectivity index (χ2v) is 16.2. The van der Waals surface area contributed by atoms with Crippen molar-refractivity contribution < 1.29 is 43.5 Å². The molecule has 0 spiro atoms. The van der Waals surface area contributed by atoms with Crippen LogP contribution in [-0.2, 0) is 23.9 Å². The van der Waals surface area contributed by atoms with Gasteiger partial charge in [0.1, 0.15) is 12.2 Å². The first-order chi connectivity index (χ1) is 32.6. The van der Waals surface area contributed by atoms with E-state index in [0.717, 1.165) is 86.0 Å². The molecule has 5 aromatic heterocycles. The number of pyridine rings is 2. The van der Waals surface area contributed by atoms with Gasteiger partial charge in [0.15, 0.2) is 0 Å². The molecule has 0 aliphatic heterocycles. The van der Waals surface area contributed by atoms with Crippen molar-refractivity contribution in [3.05, 3.63) is 109 Å². The van der Waals surface area contributed by atoms with Gasteiger partial charge in [0, 0.05) is 60.3 Å². The Hall–Kier alpha value is -6.46. The predicted octanol–water partition coefficient (Wildman–Crippen LogP) is 8.49. The second-order valence-electron chi connectivity index (χ2n) is 15.8. The number of fused-ring (bicyclic) bond motifs is 3. The molecule has 0 unspecified atom stereocenters. The number of benzene rings is 1. The van der Waals surface area contributed by atoms with Gasteiger partial charge in [-0.3, -0.25) is 24.4 Å². The van der Waals surface area contributed by atoms with Gasteiger partial charge in [-0.2, -0.15) is 0 Å². The fraction of sp³-hybridized carbons (Fsp3) is 0.449. The van der Waals surface area contributed by atoms with Crippen molar-refractivity contribution in [2.75, 3.05) is 13.2 Å². The molecule has 0 saturated heterocycles. The maximum Gasteiger partial charge on any atom is 0.316 e. The molecule has 3 aliphatic rings. The molecule has 0 bridgehead atoms. The van der Waals surface area contributed by atoms with Crippen LogP contribution in [0.4, 0.5) is 0 Å². The molecule has 1 aromatic carbocycles. The Morgan fingerprint density at radius 2 is 0.866 bits per heavy atom. The Morgan fingerprint density at radius 3 is 1.22 bits per heavy atom. The summed E-state index contributed by atoms with van der Waals surface area (Å²) >= 11 is 5.32. The molecule has 0 atom stereocenters. The van der Waals surface area contributed by atoms with Crippen LogP contribution in [0.25, 0.3) is 21.8 Å². The number of aromatic nitrogens is 8. The van der Waals surface area contributed by atoms with Gasteiger partial charge in [-0.1, -0.05) is 24.3 Å². The lowest BCUT2D eigenvalue weighted by molar-refractivity contribution is -0.150. The Labute approximate surface area is 395 Å². The molecule has 3 saturated carbocycles. The van der Waals surface area contributed by atoms with Crippen molar-refractivity contribution in [1.29, 1.82) is 0 Å². The van der Waals surface area contributed by atoms with Gasteiger partial charge in [-0.25, -0.2) is 29.9 Å². The van der Waals surface area contributed by atoms with Gasteiger partial charge in [-0.15, -0.1) is 0 Å². The smallest absolute Gasteiger partial charge is 0.316 e. The van der Waals surface area contributed by atoms with Gasteiger partial charge >= 0.3 is 29.9 Å². The third-order valence-corrected chi connectivity index (χ3v) is 11.3. The largest absolute Gasteiger partial charge is 0.481 e. The summed E-state index contributed by atoms with van der Waals surface area (Å²) in [6, 6.07) is 18.1. The standard InChI is InChI=1S/C13H18N2O3.C12H8N2.C11H14N2O3.C9H16O3.C4H3ClN2/c1-2-17-12(16)10-4-6-11(7-5-10)18-13-14-8-3-9-15-13;1-3-9-5-6-10-4-2-8-14-12(10)11(9)13-7-1;14-10(15)8-2-4-9(5-3-8)16-11-12-6-1-7-13-11;1-2-12-9(11)7-3-5-8(10)6-4-7;5-4-6-2-1-3-7-4/h3,8-11H,2,4-7H2,1H3;1-8H;1,6-9H,2-5H2,(H,14,15);7-8,10H,2-6H2,1H3;1-3H. The number of rotatable bonds is 9. The highest BCUT2D eigenvalue weighted by Gasteiger charge is 2.29. The summed E-state index contributed by atoms with van der Waals surface area (Å²) in [5.41, 5.74) is 1.95. The zero-order chi connectivity index (χ0) is 47.6. The number of aliphatic hydroxyl groups excluding tert-OH is 1. The van der Waals surface area contributed by atoms with Crippen LogP contribution in [0.3, 0.4) is 0 Å². The third kappa shape index (κ3) is 18.0. The maximum atomic E-state index is 11.6. The number of hydrogen-bond donors (Lipinski definition) is 2. The number of nitrogens with zero attached hydrogens (tertiary/aromatic N) is 8. The van der Waals surface area contributed by atoms with E-state index in [1.165, 1.54) is 0 Å². The first-order valence-electron chi connectivity index (χ1n) is 22.8. The molecular weight excluding hydrogens is 880 g/mol. The average Bonchev–Trinajstić information content (AvgIpc) is 3.36. The summed E-state index contributed by atoms with van der Waals surface area (Å²) in [4.78, 5) is 65.5. The normalized spacial score (nSPS) is 20.8. The Morgan fingerprint density at radius 1 is 0.507 bits per heavy atom. The van der Waals surface area contributed by atoms with Crippen LogP contribution in [0.15, 0.2) is 104 Å². The molecule has 0 radical (unpaired) electrons. The van der Waals surface area contributed by atoms with Gasteiger partial charge in [0.25, 0.3) is 0 Å². The van der Waals surface area contributed by atoms with Crippen LogP contribution >= 0.6 is 11.6 Å². The third-order valence-electron chi connectivity index (χ3n) is 11.1. The number of carboxylic acid groups (broad SMARTS) is 1. The lowest BCUT2D eigenvalue weighted by Crippen LogP contribution is -2.29. The van der Waals surface area contributed by atoms with Gasteiger partial charge in [-0.05, 0) is 133 Å². The number of ether oxygens (including phenoxy) is 4. The number of carbonyl (C=O) groups is 3. The predicted molar refractivity (Wildman–Crippen MR) is 250 cm³/mol. The zero-order valence-electron chi connectivity index (χ0n) is 37.9. The van der Waals surface area contributed by atoms with E-state index in [1.54, 1.807) is 67.8 Å². The van der Waals surface area contributed by atoms with E-state index in [9.17, 15) is 19.5 Å². The fourth-order valence-corrected chi connectivity index (χ4v) is 7.74. The number of hydrogen-bond acceptors (Lipinski definition) is 16. The fourth-order valence-electron chi connectivity index (χ4n) is 7.63. The molecule has 0 amide bonds. The molecule has 3 fully saturated rings. The first-order valence-corrected chi connectivity index (χ1v) is 23.1. The van der Waals surface area contributed by atoms with Crippen LogP contribution in [-0.4, -0.2) is 99.5 Å². The highest BCUT2D eigenvalue weighted by atomic mass is 35.5. The number of aliphatic carboxylic acids is 1. The van der Waals surface area contributed by atoms with Crippen molar-refractivity contribution in [2.45, 2.75) is 109 Å². The van der Waals surface area contributed by atoms with Crippen molar-refractivity contribution >= 4 is 51.3 Å². The summed E-state index contributed by atoms with van der Waals surface area (Å²) in [7, 11) is 0. The van der Waals surface area contributed by atoms with E-state index < -0.39 is 5.97 Å². The monoisotopic (exact) mass is 938 g/mol. The minimum Gasteiger partial charge on any atom is -0.481 e. The number of halogens is 1. The minimum absolute atomic E-state index is 0.0292. The van der Waals surface area contributed by atoms with Gasteiger partial charge in [0.05, 0.1) is 48.1 Å². The van der Waals surface area contributed by atoms with Crippen molar-refractivity contribution in [3.8, 4) is 12.0 Å². The highest BCUT2D eigenvalue weighted by molar-refractivity contribution is 6.28. The van der Waals surface area contributed by atoms with E-state index in [-0.39, 0.29) is 48.0 Å². The van der Waals surface area contributed by atoms with Crippen LogP contribution in [0.1, 0.15) is 90.9 Å². The molecule has 356 valence electrons. The topological polar surface area (TPSA) is 232 Å². The zero-order valence-corrected chi connectivity index (χ0v) is 38.6. The lowest BCUT2D eigenvalue weighted by atomic mass is 9.87. The second kappa shape index (κ2) is 28.5. The molecule has 67 heavy (non-hydrogen) atoms. The van der Waals surface area contributed by atoms with Gasteiger partial charge in [0.2, 0.25) is 5.28 Å². The molecule has 18 heteroatoms. The van der Waals surface area contributed by atoms with Crippen LogP contribution in [0.2, 0.25) is 5.28 Å². The molecular formula is C49H59ClN8O9. The highest BCUT2D eigenvalue weighted by Crippen LogP contribution is 2.29. The summed E-state index contributed by atoms with van der Waals surface area (Å²) in [5.74, 6) is -1.02. The van der Waals surface area contributed by atoms with Crippen LogP contribution in [0, 0.1) is 17.8 Å².